The van der Waals surface area contributed by atoms with Gasteiger partial charge in [0.25, 0.3) is 6.43 Å². The maximum Gasteiger partial charge on any atom is 0.264 e. The number of hydrogen-bond donors (Lipinski definition) is 1. The smallest absolute Gasteiger partial charge is 0.264 e. The summed E-state index contributed by atoms with van der Waals surface area (Å²) in [5.41, 5.74) is 0.696. The molecule has 82 valence electrons. The third-order valence-electron chi connectivity index (χ3n) is 2.09. The number of alkyl halides is 2. The van der Waals surface area contributed by atoms with Gasteiger partial charge in [-0.3, -0.25) is 0 Å². The summed E-state index contributed by atoms with van der Waals surface area (Å²) in [6, 6.07) is 6.57. The molecule has 0 bridgehead atoms. The summed E-state index contributed by atoms with van der Waals surface area (Å²) in [6.07, 6.45) is 2.08. The lowest BCUT2D eigenvalue weighted by molar-refractivity contribution is 0.151. The lowest BCUT2D eigenvalue weighted by Gasteiger charge is -2.03. The summed E-state index contributed by atoms with van der Waals surface area (Å²) >= 11 is 0. The third-order valence-corrected chi connectivity index (χ3v) is 2.09. The second-order valence-electron chi connectivity index (χ2n) is 3.22. The number of halogens is 2. The molecule has 0 unspecified atom stereocenters. The molecule has 1 rings (SSSR count). The zero-order chi connectivity index (χ0) is 11.1. The molecule has 0 fully saturated rings. The average Bonchev–Trinajstić information content (AvgIpc) is 2.25. The molecule has 0 saturated carbocycles. The Morgan fingerprint density at radius 1 is 1.33 bits per heavy atom. The molecule has 0 aromatic heterocycles. The first-order valence-electron chi connectivity index (χ1n) is 4.94. The van der Waals surface area contributed by atoms with Crippen molar-refractivity contribution in [3.8, 4) is 0 Å². The fourth-order valence-electron chi connectivity index (χ4n) is 1.30. The van der Waals surface area contributed by atoms with E-state index in [1.807, 2.05) is 13.1 Å². The van der Waals surface area contributed by atoms with Gasteiger partial charge in [-0.2, -0.15) is 0 Å². The molecule has 0 spiro atoms. The topological polar surface area (TPSA) is 12.0 Å². The monoisotopic (exact) mass is 211 g/mol. The molecule has 1 aromatic rings. The number of nitrogens with one attached hydrogen (secondary N) is 1. The van der Waals surface area contributed by atoms with E-state index in [9.17, 15) is 8.78 Å². The molecule has 0 heterocycles. The van der Waals surface area contributed by atoms with Gasteiger partial charge in [0.2, 0.25) is 0 Å². The van der Waals surface area contributed by atoms with Gasteiger partial charge in [0.1, 0.15) is 0 Å². The van der Waals surface area contributed by atoms with E-state index in [0.29, 0.717) is 5.56 Å². The van der Waals surface area contributed by atoms with E-state index >= 15 is 0 Å². The molecule has 0 saturated heterocycles. The maximum atomic E-state index is 12.6. The molecule has 0 atom stereocenters. The van der Waals surface area contributed by atoms with Gasteiger partial charge in [-0.25, -0.2) is 8.78 Å². The highest BCUT2D eigenvalue weighted by Gasteiger charge is 2.09. The van der Waals surface area contributed by atoms with Crippen LogP contribution >= 0.6 is 0 Å². The lowest BCUT2D eigenvalue weighted by Crippen LogP contribution is -2.05. The third kappa shape index (κ3) is 3.80. The van der Waals surface area contributed by atoms with Crippen LogP contribution in [0.15, 0.2) is 30.3 Å². The van der Waals surface area contributed by atoms with Crippen LogP contribution in [0.5, 0.6) is 0 Å². The van der Waals surface area contributed by atoms with E-state index in [2.05, 4.69) is 5.32 Å². The molecule has 0 aliphatic carbocycles. The second-order valence-corrected chi connectivity index (χ2v) is 3.22. The van der Waals surface area contributed by atoms with Gasteiger partial charge in [0.15, 0.2) is 0 Å². The van der Waals surface area contributed by atoms with Gasteiger partial charge in [-0.05, 0) is 25.6 Å². The first kappa shape index (κ1) is 11.9. The van der Waals surface area contributed by atoms with Crippen molar-refractivity contribution >= 4 is 6.08 Å². The number of hydrogen-bond acceptors (Lipinski definition) is 1. The second kappa shape index (κ2) is 6.30. The van der Waals surface area contributed by atoms with E-state index in [4.69, 9.17) is 0 Å². The first-order chi connectivity index (χ1) is 7.25. The Bertz CT molecular complexity index is 321. The van der Waals surface area contributed by atoms with Crippen molar-refractivity contribution in [3.05, 3.63) is 41.5 Å². The first-order valence-corrected chi connectivity index (χ1v) is 4.94. The molecule has 1 N–H and O–H groups in total. The molecule has 1 aromatic carbocycles. The molecule has 0 amide bonds. The van der Waals surface area contributed by atoms with Gasteiger partial charge >= 0.3 is 0 Å². The van der Waals surface area contributed by atoms with Gasteiger partial charge in [-0.15, -0.1) is 0 Å². The SMILES string of the molecule is CNCCC=Cc1ccccc1C(F)F. The van der Waals surface area contributed by atoms with Crippen molar-refractivity contribution in [2.24, 2.45) is 0 Å². The van der Waals surface area contributed by atoms with E-state index < -0.39 is 6.43 Å². The van der Waals surface area contributed by atoms with E-state index in [1.165, 1.54) is 6.07 Å². The Hall–Kier alpha value is -1.22. The van der Waals surface area contributed by atoms with Crippen molar-refractivity contribution in [1.82, 2.24) is 5.32 Å². The van der Waals surface area contributed by atoms with E-state index in [0.717, 1.165) is 13.0 Å². The van der Waals surface area contributed by atoms with Crippen LogP contribution in [0.25, 0.3) is 6.08 Å². The van der Waals surface area contributed by atoms with Crippen LogP contribution in [-0.4, -0.2) is 13.6 Å². The summed E-state index contributed by atoms with van der Waals surface area (Å²) in [4.78, 5) is 0. The van der Waals surface area contributed by atoms with Crippen LogP contribution in [-0.2, 0) is 0 Å². The van der Waals surface area contributed by atoms with Crippen molar-refractivity contribution in [2.75, 3.05) is 13.6 Å². The van der Waals surface area contributed by atoms with Crippen LogP contribution in [0, 0.1) is 0 Å². The largest absolute Gasteiger partial charge is 0.319 e. The molecule has 0 aliphatic rings. The van der Waals surface area contributed by atoms with Crippen LogP contribution in [0.1, 0.15) is 24.0 Å². The Labute approximate surface area is 88.8 Å². The fraction of sp³-hybridized carbons (Fsp3) is 0.333. The van der Waals surface area contributed by atoms with Gasteiger partial charge in [0, 0.05) is 5.56 Å². The standard InChI is InChI=1S/C12H15F2N/c1-15-9-5-4-7-10-6-2-3-8-11(10)12(13)14/h2-4,6-8,12,15H,5,9H2,1H3. The van der Waals surface area contributed by atoms with E-state index in [-0.39, 0.29) is 5.56 Å². The van der Waals surface area contributed by atoms with Gasteiger partial charge in [0.05, 0.1) is 0 Å². The molecular formula is C12H15F2N. The highest BCUT2D eigenvalue weighted by molar-refractivity contribution is 5.54. The summed E-state index contributed by atoms with van der Waals surface area (Å²) in [6.45, 7) is 0.855. The Kier molecular flexibility index (Phi) is 4.98. The summed E-state index contributed by atoms with van der Waals surface area (Å²) in [5, 5.41) is 2.99. The molecule has 3 heteroatoms. The molecular weight excluding hydrogens is 196 g/mol. The summed E-state index contributed by atoms with van der Waals surface area (Å²) < 4.78 is 25.1. The maximum absolute atomic E-state index is 12.6. The zero-order valence-corrected chi connectivity index (χ0v) is 8.71. The lowest BCUT2D eigenvalue weighted by atomic mass is 10.1. The van der Waals surface area contributed by atoms with Crippen molar-refractivity contribution in [2.45, 2.75) is 12.8 Å². The Balaban J connectivity index is 2.71. The van der Waals surface area contributed by atoms with Crippen molar-refractivity contribution in [1.29, 1.82) is 0 Å². The van der Waals surface area contributed by atoms with Crippen LogP contribution in [0.4, 0.5) is 8.78 Å². The van der Waals surface area contributed by atoms with Crippen LogP contribution in [0.3, 0.4) is 0 Å². The number of benzene rings is 1. The van der Waals surface area contributed by atoms with E-state index in [1.54, 1.807) is 24.3 Å². The highest BCUT2D eigenvalue weighted by atomic mass is 19.3. The van der Waals surface area contributed by atoms with Gasteiger partial charge < -0.3 is 5.32 Å². The Morgan fingerprint density at radius 3 is 2.73 bits per heavy atom. The van der Waals surface area contributed by atoms with Crippen molar-refractivity contribution in [3.63, 3.8) is 0 Å². The minimum absolute atomic E-state index is 0.0956. The molecule has 0 radical (unpaired) electrons. The summed E-state index contributed by atoms with van der Waals surface area (Å²) in [7, 11) is 1.86. The summed E-state index contributed by atoms with van der Waals surface area (Å²) in [5.74, 6) is 0. The molecule has 0 aliphatic heterocycles. The quantitative estimate of drug-likeness (QED) is 0.737. The van der Waals surface area contributed by atoms with Crippen molar-refractivity contribution < 1.29 is 8.78 Å². The highest BCUT2D eigenvalue weighted by Crippen LogP contribution is 2.23. The predicted octanol–water partition coefficient (Wildman–Crippen LogP) is 3.25. The average molecular weight is 211 g/mol. The Morgan fingerprint density at radius 2 is 2.07 bits per heavy atom. The van der Waals surface area contributed by atoms with Gasteiger partial charge in [-0.1, -0.05) is 36.4 Å². The van der Waals surface area contributed by atoms with Crippen LogP contribution < -0.4 is 5.32 Å². The zero-order valence-electron chi connectivity index (χ0n) is 8.71. The predicted molar refractivity (Wildman–Crippen MR) is 59.0 cm³/mol. The molecule has 1 nitrogen and oxygen atoms in total. The minimum atomic E-state index is -2.41. The fourth-order valence-corrected chi connectivity index (χ4v) is 1.30. The minimum Gasteiger partial charge on any atom is -0.319 e. The van der Waals surface area contributed by atoms with Crippen LogP contribution in [0.2, 0.25) is 0 Å². The normalized spacial score (nSPS) is 11.5. The number of rotatable bonds is 5. The molecule has 15 heavy (non-hydrogen) atoms.